The van der Waals surface area contributed by atoms with E-state index in [9.17, 15) is 9.50 Å². The number of aliphatic hydroxyl groups is 1. The van der Waals surface area contributed by atoms with Gasteiger partial charge in [0.15, 0.2) is 0 Å². The lowest BCUT2D eigenvalue weighted by molar-refractivity contribution is 0.145. The maximum atomic E-state index is 13.0. The molecular formula is C11H14ClFO. The van der Waals surface area contributed by atoms with Crippen LogP contribution in [0.1, 0.15) is 31.7 Å². The van der Waals surface area contributed by atoms with Gasteiger partial charge < -0.3 is 5.11 Å². The van der Waals surface area contributed by atoms with Crippen molar-refractivity contribution in [3.63, 3.8) is 0 Å². The van der Waals surface area contributed by atoms with E-state index in [2.05, 4.69) is 0 Å². The number of hydrogen-bond acceptors (Lipinski definition) is 1. The lowest BCUT2D eigenvalue weighted by atomic mass is 9.94. The van der Waals surface area contributed by atoms with Gasteiger partial charge in [-0.15, -0.1) is 0 Å². The van der Waals surface area contributed by atoms with Crippen LogP contribution in [0.5, 0.6) is 0 Å². The van der Waals surface area contributed by atoms with Gasteiger partial charge in [0, 0.05) is 10.9 Å². The van der Waals surface area contributed by atoms with Gasteiger partial charge in [-0.3, -0.25) is 0 Å². The van der Waals surface area contributed by atoms with Crippen molar-refractivity contribution in [1.82, 2.24) is 0 Å². The molecule has 78 valence electrons. The third-order valence-electron chi connectivity index (χ3n) is 2.41. The molecule has 0 amide bonds. The van der Waals surface area contributed by atoms with Crippen LogP contribution in [0.3, 0.4) is 0 Å². The molecule has 0 bridgehead atoms. The van der Waals surface area contributed by atoms with Gasteiger partial charge in [0.2, 0.25) is 0 Å². The van der Waals surface area contributed by atoms with E-state index in [4.69, 9.17) is 11.6 Å². The predicted octanol–water partition coefficient (Wildman–Crippen LogP) is 3.35. The molecule has 1 rings (SSSR count). The smallest absolute Gasteiger partial charge is 0.124 e. The number of aliphatic hydroxyl groups excluding tert-OH is 1. The first-order valence-corrected chi connectivity index (χ1v) is 5.06. The summed E-state index contributed by atoms with van der Waals surface area (Å²) >= 11 is 5.72. The largest absolute Gasteiger partial charge is 0.393 e. The molecule has 0 fully saturated rings. The first-order valence-electron chi connectivity index (χ1n) is 4.68. The first kappa shape index (κ1) is 11.5. The first-order chi connectivity index (χ1) is 6.54. The molecule has 14 heavy (non-hydrogen) atoms. The van der Waals surface area contributed by atoms with Gasteiger partial charge in [0.1, 0.15) is 5.82 Å². The fourth-order valence-corrected chi connectivity index (χ4v) is 1.64. The van der Waals surface area contributed by atoms with Gasteiger partial charge in [0.05, 0.1) is 6.10 Å². The molecule has 0 radical (unpaired) electrons. The van der Waals surface area contributed by atoms with Crippen molar-refractivity contribution in [3.8, 4) is 0 Å². The van der Waals surface area contributed by atoms with Crippen LogP contribution < -0.4 is 0 Å². The molecule has 2 atom stereocenters. The van der Waals surface area contributed by atoms with E-state index in [1.165, 1.54) is 12.1 Å². The van der Waals surface area contributed by atoms with Gasteiger partial charge in [-0.25, -0.2) is 4.39 Å². The summed E-state index contributed by atoms with van der Waals surface area (Å²) in [5, 5.41) is 9.97. The topological polar surface area (TPSA) is 20.2 Å². The average molecular weight is 217 g/mol. The maximum Gasteiger partial charge on any atom is 0.124 e. The highest BCUT2D eigenvalue weighted by Crippen LogP contribution is 2.24. The standard InChI is InChI=1S/C11H14ClFO/c1-3-11(14)7(2)8-4-9(12)6-10(13)5-8/h4-7,11,14H,3H2,1-2H3. The van der Waals surface area contributed by atoms with E-state index >= 15 is 0 Å². The molecule has 1 nitrogen and oxygen atoms in total. The van der Waals surface area contributed by atoms with Crippen molar-refractivity contribution in [1.29, 1.82) is 0 Å². The molecule has 0 spiro atoms. The second-order valence-electron chi connectivity index (χ2n) is 3.47. The Labute approximate surface area is 88.5 Å². The Kier molecular flexibility index (Phi) is 3.90. The fourth-order valence-electron chi connectivity index (χ4n) is 1.41. The zero-order chi connectivity index (χ0) is 10.7. The minimum Gasteiger partial charge on any atom is -0.393 e. The summed E-state index contributed by atoms with van der Waals surface area (Å²) in [5.74, 6) is -0.448. The Morgan fingerprint density at radius 3 is 2.57 bits per heavy atom. The van der Waals surface area contributed by atoms with Crippen molar-refractivity contribution in [2.45, 2.75) is 32.3 Å². The molecular weight excluding hydrogens is 203 g/mol. The van der Waals surface area contributed by atoms with Crippen LogP contribution in [0.25, 0.3) is 0 Å². The summed E-state index contributed by atoms with van der Waals surface area (Å²) in [6, 6.07) is 4.36. The molecule has 0 aliphatic carbocycles. The number of halogens is 2. The Hall–Kier alpha value is -0.600. The van der Waals surface area contributed by atoms with Crippen LogP contribution in [0.15, 0.2) is 18.2 Å². The molecule has 0 aromatic heterocycles. The molecule has 0 heterocycles. The van der Waals surface area contributed by atoms with Gasteiger partial charge >= 0.3 is 0 Å². The highest BCUT2D eigenvalue weighted by molar-refractivity contribution is 6.30. The summed E-state index contributed by atoms with van der Waals surface area (Å²) in [5.41, 5.74) is 0.740. The van der Waals surface area contributed by atoms with Crippen molar-refractivity contribution >= 4 is 11.6 Å². The summed E-state index contributed by atoms with van der Waals surface area (Å²) < 4.78 is 13.0. The SMILES string of the molecule is CCC(O)C(C)c1cc(F)cc(Cl)c1. The summed E-state index contributed by atoms with van der Waals surface area (Å²) in [7, 11) is 0. The Morgan fingerprint density at radius 2 is 2.07 bits per heavy atom. The van der Waals surface area contributed by atoms with Crippen molar-refractivity contribution < 1.29 is 9.50 Å². The molecule has 3 heteroatoms. The second-order valence-corrected chi connectivity index (χ2v) is 3.90. The van der Waals surface area contributed by atoms with Gasteiger partial charge in [-0.1, -0.05) is 25.4 Å². The number of hydrogen-bond donors (Lipinski definition) is 1. The van der Waals surface area contributed by atoms with Crippen LogP contribution in [0, 0.1) is 5.82 Å². The summed E-state index contributed by atoms with van der Waals surface area (Å²) in [4.78, 5) is 0. The highest BCUT2D eigenvalue weighted by atomic mass is 35.5. The molecule has 0 saturated carbocycles. The van der Waals surface area contributed by atoms with Gasteiger partial charge in [-0.2, -0.15) is 0 Å². The van der Waals surface area contributed by atoms with Crippen LogP contribution in [-0.2, 0) is 0 Å². The number of benzene rings is 1. The number of rotatable bonds is 3. The van der Waals surface area contributed by atoms with Crippen LogP contribution >= 0.6 is 11.6 Å². The van der Waals surface area contributed by atoms with Crippen LogP contribution in [0.4, 0.5) is 4.39 Å². The molecule has 0 aliphatic heterocycles. The second kappa shape index (κ2) is 4.76. The summed E-state index contributed by atoms with van der Waals surface area (Å²) in [6.07, 6.45) is 0.197. The third-order valence-corrected chi connectivity index (χ3v) is 2.62. The van der Waals surface area contributed by atoms with Crippen LogP contribution in [0.2, 0.25) is 5.02 Å². The zero-order valence-corrected chi connectivity index (χ0v) is 9.05. The van der Waals surface area contributed by atoms with Crippen LogP contribution in [-0.4, -0.2) is 11.2 Å². The fraction of sp³-hybridized carbons (Fsp3) is 0.455. The average Bonchev–Trinajstić information content (AvgIpc) is 2.14. The van der Waals surface area contributed by atoms with Gasteiger partial charge in [0.25, 0.3) is 0 Å². The monoisotopic (exact) mass is 216 g/mol. The van der Waals surface area contributed by atoms with Crippen molar-refractivity contribution in [2.24, 2.45) is 0 Å². The molecule has 2 unspecified atom stereocenters. The van der Waals surface area contributed by atoms with Crippen molar-refractivity contribution in [2.75, 3.05) is 0 Å². The predicted molar refractivity (Wildman–Crippen MR) is 56.1 cm³/mol. The molecule has 1 aromatic carbocycles. The third kappa shape index (κ3) is 2.69. The van der Waals surface area contributed by atoms with Gasteiger partial charge in [-0.05, 0) is 30.2 Å². The van der Waals surface area contributed by atoms with E-state index < -0.39 is 6.10 Å². The van der Waals surface area contributed by atoms with E-state index in [-0.39, 0.29) is 11.7 Å². The summed E-state index contributed by atoms with van der Waals surface area (Å²) in [6.45, 7) is 3.75. The molecule has 0 aliphatic rings. The van der Waals surface area contributed by atoms with E-state index in [1.807, 2.05) is 13.8 Å². The van der Waals surface area contributed by atoms with E-state index in [0.717, 1.165) is 5.56 Å². The van der Waals surface area contributed by atoms with E-state index in [1.54, 1.807) is 6.07 Å². The lowest BCUT2D eigenvalue weighted by Crippen LogP contribution is -2.14. The molecule has 0 saturated heterocycles. The minimum atomic E-state index is -0.451. The lowest BCUT2D eigenvalue weighted by Gasteiger charge is -2.17. The highest BCUT2D eigenvalue weighted by Gasteiger charge is 2.15. The van der Waals surface area contributed by atoms with Crippen molar-refractivity contribution in [3.05, 3.63) is 34.6 Å². The minimum absolute atomic E-state index is 0.0896. The Balaban J connectivity index is 2.94. The molecule has 1 aromatic rings. The normalized spacial score (nSPS) is 15.2. The Bertz CT molecular complexity index is 294. The quantitative estimate of drug-likeness (QED) is 0.822. The molecule has 1 N–H and O–H groups in total. The van der Waals surface area contributed by atoms with E-state index in [0.29, 0.717) is 11.4 Å². The zero-order valence-electron chi connectivity index (χ0n) is 8.30. The Morgan fingerprint density at radius 1 is 1.43 bits per heavy atom. The maximum absolute atomic E-state index is 13.0.